The van der Waals surface area contributed by atoms with Crippen LogP contribution in [0.15, 0.2) is 71.8 Å². The maximum atomic E-state index is 13.5. The van der Waals surface area contributed by atoms with Crippen molar-refractivity contribution in [3.8, 4) is 0 Å². The van der Waals surface area contributed by atoms with E-state index >= 15 is 0 Å². The van der Waals surface area contributed by atoms with Crippen LogP contribution in [0.4, 0.5) is 0 Å². The van der Waals surface area contributed by atoms with Gasteiger partial charge in [0, 0.05) is 12.1 Å². The molecule has 9 nitrogen and oxygen atoms in total. The van der Waals surface area contributed by atoms with Crippen molar-refractivity contribution in [2.75, 3.05) is 13.2 Å². The van der Waals surface area contributed by atoms with Gasteiger partial charge in [0.2, 0.25) is 0 Å². The number of imide groups is 1. The third kappa shape index (κ3) is 7.61. The first-order valence-corrected chi connectivity index (χ1v) is 12.9. The first-order valence-electron chi connectivity index (χ1n) is 12.9. The molecule has 208 valence electrons. The van der Waals surface area contributed by atoms with Crippen molar-refractivity contribution in [2.45, 2.75) is 64.9 Å². The number of hydrogen-bond donors (Lipinski definition) is 1. The lowest BCUT2D eigenvalue weighted by atomic mass is 9.98. The third-order valence-electron chi connectivity index (χ3n) is 6.48. The number of ether oxygens (including phenoxy) is 3. The monoisotopic (exact) mass is 536 g/mol. The van der Waals surface area contributed by atoms with E-state index in [9.17, 15) is 19.2 Å². The Morgan fingerprint density at radius 1 is 0.744 bits per heavy atom. The van der Waals surface area contributed by atoms with Gasteiger partial charge >= 0.3 is 11.9 Å². The highest BCUT2D eigenvalue weighted by Crippen LogP contribution is 2.32. The number of nitrogens with zero attached hydrogens (tertiary/aromatic N) is 1. The van der Waals surface area contributed by atoms with Crippen LogP contribution in [0.2, 0.25) is 0 Å². The highest BCUT2D eigenvalue weighted by Gasteiger charge is 2.51. The number of rotatable bonds is 13. The Hall–Kier alpha value is -3.82. The van der Waals surface area contributed by atoms with Crippen LogP contribution in [0, 0.1) is 0 Å². The molecule has 0 bridgehead atoms. The normalized spacial score (nSPS) is 14.1. The minimum Gasteiger partial charge on any atom is -0.457 e. The summed E-state index contributed by atoms with van der Waals surface area (Å²) in [5.74, 6) is -3.95. The van der Waals surface area contributed by atoms with Gasteiger partial charge in [-0.05, 0) is 58.2 Å². The van der Waals surface area contributed by atoms with Gasteiger partial charge in [0.15, 0.2) is 0 Å². The number of esters is 2. The first-order chi connectivity index (χ1) is 18.5. The van der Waals surface area contributed by atoms with E-state index in [-0.39, 0.29) is 26.2 Å². The third-order valence-corrected chi connectivity index (χ3v) is 6.48. The standard InChI is InChI=1S/C30H36N2O7/c1-29(2,16-18-39-30(3,4)15-17-31)32-25(33)23(27(35)37-19-21-11-7-5-8-12-21)24(26(32)34)28(36)38-20-22-13-9-6-10-14-22/h5-14H,15-20,31H2,1-4H3. The van der Waals surface area contributed by atoms with Gasteiger partial charge in [0.05, 0.1) is 5.60 Å². The van der Waals surface area contributed by atoms with Gasteiger partial charge in [-0.2, -0.15) is 0 Å². The van der Waals surface area contributed by atoms with Crippen molar-refractivity contribution in [1.29, 1.82) is 0 Å². The Labute approximate surface area is 228 Å². The summed E-state index contributed by atoms with van der Waals surface area (Å²) in [4.78, 5) is 54.3. The summed E-state index contributed by atoms with van der Waals surface area (Å²) in [7, 11) is 0. The Kier molecular flexibility index (Phi) is 9.77. The quantitative estimate of drug-likeness (QED) is 0.234. The van der Waals surface area contributed by atoms with Gasteiger partial charge in [0.25, 0.3) is 11.8 Å². The molecule has 0 unspecified atom stereocenters. The van der Waals surface area contributed by atoms with Gasteiger partial charge in [-0.3, -0.25) is 14.5 Å². The molecule has 0 aliphatic carbocycles. The summed E-state index contributed by atoms with van der Waals surface area (Å²) in [5.41, 5.74) is 4.19. The van der Waals surface area contributed by atoms with Crippen molar-refractivity contribution in [2.24, 2.45) is 5.73 Å². The summed E-state index contributed by atoms with van der Waals surface area (Å²) in [6, 6.07) is 17.7. The maximum Gasteiger partial charge on any atom is 0.345 e. The molecule has 0 atom stereocenters. The van der Waals surface area contributed by atoms with E-state index in [0.717, 1.165) is 4.90 Å². The van der Waals surface area contributed by atoms with Crippen LogP contribution < -0.4 is 5.73 Å². The largest absolute Gasteiger partial charge is 0.457 e. The predicted molar refractivity (Wildman–Crippen MR) is 144 cm³/mol. The van der Waals surface area contributed by atoms with Crippen LogP contribution in [0.25, 0.3) is 0 Å². The molecule has 1 aliphatic heterocycles. The molecule has 0 spiro atoms. The van der Waals surface area contributed by atoms with Crippen LogP contribution in [0.1, 0.15) is 51.7 Å². The van der Waals surface area contributed by atoms with Crippen LogP contribution in [0.3, 0.4) is 0 Å². The van der Waals surface area contributed by atoms with Crippen LogP contribution in [0.5, 0.6) is 0 Å². The molecule has 2 aromatic carbocycles. The Bertz CT molecular complexity index is 1140. The fourth-order valence-electron chi connectivity index (χ4n) is 4.16. The van der Waals surface area contributed by atoms with Gasteiger partial charge in [-0.25, -0.2) is 9.59 Å². The molecule has 3 rings (SSSR count). The van der Waals surface area contributed by atoms with Crippen LogP contribution >= 0.6 is 0 Å². The summed E-state index contributed by atoms with van der Waals surface area (Å²) < 4.78 is 16.6. The zero-order valence-electron chi connectivity index (χ0n) is 22.9. The molecule has 9 heteroatoms. The Balaban J connectivity index is 1.83. The van der Waals surface area contributed by atoms with Crippen LogP contribution in [-0.2, 0) is 46.6 Å². The molecule has 2 N–H and O–H groups in total. The topological polar surface area (TPSA) is 125 Å². The lowest BCUT2D eigenvalue weighted by Crippen LogP contribution is -2.50. The maximum absolute atomic E-state index is 13.5. The van der Waals surface area contributed by atoms with Crippen molar-refractivity contribution in [3.63, 3.8) is 0 Å². The van der Waals surface area contributed by atoms with Crippen LogP contribution in [-0.4, -0.2) is 52.9 Å². The molecule has 2 aromatic rings. The van der Waals surface area contributed by atoms with Gasteiger partial charge in [0.1, 0.15) is 24.4 Å². The van der Waals surface area contributed by atoms with E-state index < -0.39 is 46.0 Å². The zero-order chi connectivity index (χ0) is 28.6. The second kappa shape index (κ2) is 12.8. The molecule has 0 fully saturated rings. The molecular weight excluding hydrogens is 500 g/mol. The van der Waals surface area contributed by atoms with Crippen molar-refractivity contribution in [3.05, 3.63) is 82.9 Å². The SMILES string of the molecule is CC(C)(CCN)OCCC(C)(C)N1C(=O)C(C(=O)OCc2ccccc2)=C(C(=O)OCc2ccccc2)C1=O. The second-order valence-corrected chi connectivity index (χ2v) is 10.5. The summed E-state index contributed by atoms with van der Waals surface area (Å²) in [5, 5.41) is 0. The lowest BCUT2D eigenvalue weighted by molar-refractivity contribution is -0.147. The summed E-state index contributed by atoms with van der Waals surface area (Å²) >= 11 is 0. The average Bonchev–Trinajstić information content (AvgIpc) is 3.17. The van der Waals surface area contributed by atoms with Gasteiger partial charge in [-0.15, -0.1) is 0 Å². The van der Waals surface area contributed by atoms with E-state index in [2.05, 4.69) is 0 Å². The molecule has 39 heavy (non-hydrogen) atoms. The molecular formula is C30H36N2O7. The minimum atomic E-state index is -1.08. The zero-order valence-corrected chi connectivity index (χ0v) is 22.9. The fourth-order valence-corrected chi connectivity index (χ4v) is 4.16. The second-order valence-electron chi connectivity index (χ2n) is 10.5. The molecule has 0 saturated carbocycles. The highest BCUT2D eigenvalue weighted by molar-refractivity contribution is 6.38. The number of carbonyl (C=O) groups is 4. The highest BCUT2D eigenvalue weighted by atomic mass is 16.5. The Morgan fingerprint density at radius 2 is 1.18 bits per heavy atom. The molecule has 0 aromatic heterocycles. The van der Waals surface area contributed by atoms with E-state index in [4.69, 9.17) is 19.9 Å². The summed E-state index contributed by atoms with van der Waals surface area (Å²) in [6.07, 6.45) is 0.891. The van der Waals surface area contributed by atoms with E-state index in [1.807, 2.05) is 26.0 Å². The van der Waals surface area contributed by atoms with Crippen molar-refractivity contribution in [1.82, 2.24) is 4.90 Å². The molecule has 0 radical (unpaired) electrons. The van der Waals surface area contributed by atoms with Crippen molar-refractivity contribution >= 4 is 23.8 Å². The number of hydrogen-bond acceptors (Lipinski definition) is 8. The molecule has 1 aliphatic rings. The average molecular weight is 537 g/mol. The number of amides is 2. The van der Waals surface area contributed by atoms with Crippen molar-refractivity contribution < 1.29 is 33.4 Å². The smallest absolute Gasteiger partial charge is 0.345 e. The lowest BCUT2D eigenvalue weighted by Gasteiger charge is -2.35. The van der Waals surface area contributed by atoms with E-state index in [1.165, 1.54) is 0 Å². The van der Waals surface area contributed by atoms with E-state index in [0.29, 0.717) is 24.1 Å². The molecule has 0 saturated heterocycles. The minimum absolute atomic E-state index is 0.134. The number of benzene rings is 2. The molecule has 2 amide bonds. The van der Waals surface area contributed by atoms with E-state index in [1.54, 1.807) is 62.4 Å². The predicted octanol–water partition coefficient (Wildman–Crippen LogP) is 3.45. The first kappa shape index (κ1) is 29.7. The fraction of sp³-hybridized carbons (Fsp3) is 0.400. The van der Waals surface area contributed by atoms with Gasteiger partial charge in [-0.1, -0.05) is 60.7 Å². The number of carbonyl (C=O) groups excluding carboxylic acids is 4. The number of nitrogens with two attached hydrogens (primary N) is 1. The molecule has 1 heterocycles. The van der Waals surface area contributed by atoms with Gasteiger partial charge < -0.3 is 19.9 Å². The summed E-state index contributed by atoms with van der Waals surface area (Å²) in [6.45, 7) is 7.56. The Morgan fingerprint density at radius 3 is 1.59 bits per heavy atom.